The molecule has 1 heterocycles. The number of likely N-dealkylation sites (tertiary alicyclic amines) is 1. The molecule has 21 heavy (non-hydrogen) atoms. The van der Waals surface area contributed by atoms with Gasteiger partial charge in [-0.25, -0.2) is 4.39 Å². The summed E-state index contributed by atoms with van der Waals surface area (Å²) in [5.41, 5.74) is -0.666. The van der Waals surface area contributed by atoms with E-state index in [-0.39, 0.29) is 24.0 Å². The maximum atomic E-state index is 13.7. The number of hydrogen-bond donors (Lipinski definition) is 0. The highest BCUT2D eigenvalue weighted by Gasteiger charge is 2.40. The van der Waals surface area contributed by atoms with E-state index in [0.717, 1.165) is 0 Å². The molecule has 1 fully saturated rings. The summed E-state index contributed by atoms with van der Waals surface area (Å²) in [6, 6.07) is 5.91. The summed E-state index contributed by atoms with van der Waals surface area (Å²) in [6.45, 7) is 4.66. The molecule has 1 aliphatic rings. The van der Waals surface area contributed by atoms with Crippen molar-refractivity contribution in [3.8, 4) is 0 Å². The predicted octanol–water partition coefficient (Wildman–Crippen LogP) is 2.63. The van der Waals surface area contributed by atoms with E-state index in [9.17, 15) is 14.0 Å². The molecule has 0 aromatic heterocycles. The molecule has 0 N–H and O–H groups in total. The Labute approximate surface area is 123 Å². The molecule has 0 spiro atoms. The molecule has 0 saturated carbocycles. The van der Waals surface area contributed by atoms with Crippen molar-refractivity contribution in [2.45, 2.75) is 26.7 Å². The van der Waals surface area contributed by atoms with E-state index in [1.54, 1.807) is 30.9 Å². The van der Waals surface area contributed by atoms with Crippen molar-refractivity contribution in [3.05, 3.63) is 35.6 Å². The van der Waals surface area contributed by atoms with Gasteiger partial charge in [0.2, 0.25) is 0 Å². The summed E-state index contributed by atoms with van der Waals surface area (Å²) in [5, 5.41) is 0. The van der Waals surface area contributed by atoms with Crippen molar-refractivity contribution >= 4 is 11.9 Å². The summed E-state index contributed by atoms with van der Waals surface area (Å²) in [5.74, 6) is -1.20. The van der Waals surface area contributed by atoms with Crippen LogP contribution in [0.5, 0.6) is 0 Å². The van der Waals surface area contributed by atoms with Crippen molar-refractivity contribution in [2.75, 3.05) is 19.7 Å². The Bertz CT molecular complexity index is 546. The zero-order valence-corrected chi connectivity index (χ0v) is 12.4. The lowest BCUT2D eigenvalue weighted by Crippen LogP contribution is -2.49. The van der Waals surface area contributed by atoms with Gasteiger partial charge in [-0.3, -0.25) is 9.59 Å². The first-order chi connectivity index (χ1) is 9.98. The van der Waals surface area contributed by atoms with E-state index in [1.807, 2.05) is 0 Å². The quantitative estimate of drug-likeness (QED) is 0.805. The Morgan fingerprint density at radius 3 is 2.76 bits per heavy atom. The van der Waals surface area contributed by atoms with Crippen molar-refractivity contribution in [1.82, 2.24) is 4.90 Å². The summed E-state index contributed by atoms with van der Waals surface area (Å²) >= 11 is 0. The smallest absolute Gasteiger partial charge is 0.313 e. The topological polar surface area (TPSA) is 46.6 Å². The molecular weight excluding hydrogens is 273 g/mol. The van der Waals surface area contributed by atoms with Crippen LogP contribution in [0.3, 0.4) is 0 Å². The summed E-state index contributed by atoms with van der Waals surface area (Å²) in [7, 11) is 0. The highest BCUT2D eigenvalue weighted by Crippen LogP contribution is 2.31. The number of piperidine rings is 1. The normalized spacial score (nSPS) is 22.0. The molecule has 0 radical (unpaired) electrons. The summed E-state index contributed by atoms with van der Waals surface area (Å²) in [6.07, 6.45) is 1.38. The van der Waals surface area contributed by atoms with E-state index in [0.29, 0.717) is 26.0 Å². The molecule has 1 saturated heterocycles. The molecule has 114 valence electrons. The maximum Gasteiger partial charge on any atom is 0.313 e. The number of carbonyl (C=O) groups excluding carboxylic acids is 2. The number of hydrogen-bond acceptors (Lipinski definition) is 3. The van der Waals surface area contributed by atoms with Crippen LogP contribution in [-0.2, 0) is 9.53 Å². The van der Waals surface area contributed by atoms with Gasteiger partial charge in [0.25, 0.3) is 5.91 Å². The fourth-order valence-corrected chi connectivity index (χ4v) is 2.69. The third-order valence-corrected chi connectivity index (χ3v) is 3.86. The van der Waals surface area contributed by atoms with Gasteiger partial charge < -0.3 is 9.64 Å². The van der Waals surface area contributed by atoms with Crippen LogP contribution < -0.4 is 0 Å². The van der Waals surface area contributed by atoms with Crippen LogP contribution in [0.2, 0.25) is 0 Å². The molecule has 1 aromatic rings. The highest BCUT2D eigenvalue weighted by molar-refractivity contribution is 5.95. The molecule has 1 aromatic carbocycles. The number of esters is 1. The van der Waals surface area contributed by atoms with Crippen molar-refractivity contribution in [3.63, 3.8) is 0 Å². The largest absolute Gasteiger partial charge is 0.466 e. The Kier molecular flexibility index (Phi) is 4.60. The van der Waals surface area contributed by atoms with Gasteiger partial charge in [0, 0.05) is 13.1 Å². The lowest BCUT2D eigenvalue weighted by molar-refractivity contribution is -0.157. The Hall–Kier alpha value is -1.91. The first-order valence-electron chi connectivity index (χ1n) is 7.19. The highest BCUT2D eigenvalue weighted by atomic mass is 19.1. The minimum atomic E-state index is -0.713. The van der Waals surface area contributed by atoms with Gasteiger partial charge in [-0.1, -0.05) is 12.1 Å². The molecule has 4 nitrogen and oxygen atoms in total. The van der Waals surface area contributed by atoms with E-state index in [1.165, 1.54) is 12.1 Å². The fourth-order valence-electron chi connectivity index (χ4n) is 2.69. The summed E-state index contributed by atoms with van der Waals surface area (Å²) in [4.78, 5) is 26.0. The minimum absolute atomic E-state index is 0.0469. The SMILES string of the molecule is CCOC(=O)C1(C)CCCN(C(=O)c2ccccc2F)C1. The molecule has 5 heteroatoms. The van der Waals surface area contributed by atoms with E-state index < -0.39 is 11.2 Å². The van der Waals surface area contributed by atoms with Crippen LogP contribution in [0.4, 0.5) is 4.39 Å². The number of benzene rings is 1. The van der Waals surface area contributed by atoms with Crippen LogP contribution in [-0.4, -0.2) is 36.5 Å². The monoisotopic (exact) mass is 293 g/mol. The Morgan fingerprint density at radius 1 is 1.38 bits per heavy atom. The second-order valence-electron chi connectivity index (χ2n) is 5.59. The lowest BCUT2D eigenvalue weighted by atomic mass is 9.81. The van der Waals surface area contributed by atoms with Crippen molar-refractivity contribution < 1.29 is 18.7 Å². The zero-order chi connectivity index (χ0) is 15.5. The Balaban J connectivity index is 2.16. The number of rotatable bonds is 3. The van der Waals surface area contributed by atoms with Crippen LogP contribution in [0.1, 0.15) is 37.0 Å². The number of carbonyl (C=O) groups is 2. The second-order valence-corrected chi connectivity index (χ2v) is 5.59. The van der Waals surface area contributed by atoms with Crippen LogP contribution in [0.15, 0.2) is 24.3 Å². The molecule has 2 rings (SSSR count). The molecule has 0 bridgehead atoms. The number of nitrogens with zero attached hydrogens (tertiary/aromatic N) is 1. The van der Waals surface area contributed by atoms with Gasteiger partial charge in [-0.05, 0) is 38.8 Å². The number of ether oxygens (including phenoxy) is 1. The van der Waals surface area contributed by atoms with Crippen LogP contribution in [0.25, 0.3) is 0 Å². The van der Waals surface area contributed by atoms with Gasteiger partial charge in [0.1, 0.15) is 5.82 Å². The van der Waals surface area contributed by atoms with Crippen molar-refractivity contribution in [2.24, 2.45) is 5.41 Å². The van der Waals surface area contributed by atoms with Crippen molar-refractivity contribution in [1.29, 1.82) is 0 Å². The van der Waals surface area contributed by atoms with E-state index >= 15 is 0 Å². The summed E-state index contributed by atoms with van der Waals surface area (Å²) < 4.78 is 18.8. The van der Waals surface area contributed by atoms with E-state index in [4.69, 9.17) is 4.74 Å². The Morgan fingerprint density at radius 2 is 2.10 bits per heavy atom. The first-order valence-corrected chi connectivity index (χ1v) is 7.19. The molecule has 1 amide bonds. The van der Waals surface area contributed by atoms with Crippen LogP contribution in [0, 0.1) is 11.2 Å². The molecule has 1 aliphatic heterocycles. The third-order valence-electron chi connectivity index (χ3n) is 3.86. The van der Waals surface area contributed by atoms with Gasteiger partial charge in [-0.15, -0.1) is 0 Å². The number of amides is 1. The molecule has 1 unspecified atom stereocenters. The third kappa shape index (κ3) is 3.23. The first kappa shape index (κ1) is 15.5. The van der Waals surface area contributed by atoms with Gasteiger partial charge in [-0.2, -0.15) is 0 Å². The molecular formula is C16H20FNO3. The molecule has 1 atom stereocenters. The van der Waals surface area contributed by atoms with E-state index in [2.05, 4.69) is 0 Å². The average Bonchev–Trinajstić information content (AvgIpc) is 2.47. The predicted molar refractivity (Wildman–Crippen MR) is 76.3 cm³/mol. The lowest BCUT2D eigenvalue weighted by Gasteiger charge is -2.38. The average molecular weight is 293 g/mol. The van der Waals surface area contributed by atoms with Gasteiger partial charge >= 0.3 is 5.97 Å². The minimum Gasteiger partial charge on any atom is -0.466 e. The standard InChI is InChI=1S/C16H20FNO3/c1-3-21-15(20)16(2)9-6-10-18(11-16)14(19)12-7-4-5-8-13(12)17/h4-5,7-8H,3,6,9-11H2,1-2H3. The van der Waals surface area contributed by atoms with Gasteiger partial charge in [0.15, 0.2) is 0 Å². The fraction of sp³-hybridized carbons (Fsp3) is 0.500. The van der Waals surface area contributed by atoms with Crippen LogP contribution >= 0.6 is 0 Å². The number of halogens is 1. The van der Waals surface area contributed by atoms with Gasteiger partial charge in [0.05, 0.1) is 17.6 Å². The second kappa shape index (κ2) is 6.24. The molecule has 0 aliphatic carbocycles. The zero-order valence-electron chi connectivity index (χ0n) is 12.4. The maximum absolute atomic E-state index is 13.7.